The highest BCUT2D eigenvalue weighted by Gasteiger charge is 2.17. The number of aryl methyl sites for hydroxylation is 2. The fraction of sp³-hybridized carbons (Fsp3) is 0.636. The molecule has 0 spiro atoms. The maximum atomic E-state index is 2.65. The van der Waals surface area contributed by atoms with E-state index in [1.54, 1.807) is 0 Å². The average molecular weight is 329 g/mol. The Hall–Kier alpha value is -1.28. The van der Waals surface area contributed by atoms with E-state index in [-0.39, 0.29) is 0 Å². The topological polar surface area (TPSA) is 6.48 Å². The van der Waals surface area contributed by atoms with Crippen LogP contribution < -0.4 is 4.90 Å². The van der Waals surface area contributed by atoms with Gasteiger partial charge in [0.15, 0.2) is 0 Å². The Balaban J connectivity index is 1.63. The van der Waals surface area contributed by atoms with E-state index in [0.29, 0.717) is 0 Å². The van der Waals surface area contributed by atoms with E-state index in [1.807, 2.05) is 0 Å². The number of nitrogens with zero attached hydrogens (tertiary/aromatic N) is 2. The van der Waals surface area contributed by atoms with Crippen LogP contribution in [-0.2, 0) is 0 Å². The van der Waals surface area contributed by atoms with Crippen molar-refractivity contribution in [3.05, 3.63) is 41.0 Å². The van der Waals surface area contributed by atoms with Gasteiger partial charge in [0, 0.05) is 31.9 Å². The molecule has 0 bridgehead atoms. The first-order valence-corrected chi connectivity index (χ1v) is 9.74. The molecule has 0 amide bonds. The summed E-state index contributed by atoms with van der Waals surface area (Å²) in [7, 11) is 0. The summed E-state index contributed by atoms with van der Waals surface area (Å²) in [4.78, 5) is 5.22. The molecule has 2 heteroatoms. The number of rotatable bonds is 8. The summed E-state index contributed by atoms with van der Waals surface area (Å²) >= 11 is 0. The van der Waals surface area contributed by atoms with Crippen molar-refractivity contribution >= 4 is 5.69 Å². The number of piperazine rings is 1. The van der Waals surface area contributed by atoms with Gasteiger partial charge < -0.3 is 4.90 Å². The van der Waals surface area contributed by atoms with E-state index < -0.39 is 0 Å². The summed E-state index contributed by atoms with van der Waals surface area (Å²) in [5.41, 5.74) is 5.67. The molecule has 0 N–H and O–H groups in total. The lowest BCUT2D eigenvalue weighted by molar-refractivity contribution is 0.252. The summed E-state index contributed by atoms with van der Waals surface area (Å²) in [5, 5.41) is 0. The Morgan fingerprint density at radius 3 is 2.38 bits per heavy atom. The highest BCUT2D eigenvalue weighted by Crippen LogP contribution is 2.23. The van der Waals surface area contributed by atoms with Crippen LogP contribution in [0, 0.1) is 13.8 Å². The largest absolute Gasteiger partial charge is 0.369 e. The van der Waals surface area contributed by atoms with Crippen molar-refractivity contribution in [2.24, 2.45) is 0 Å². The zero-order valence-corrected chi connectivity index (χ0v) is 16.3. The molecule has 1 aromatic rings. The van der Waals surface area contributed by atoms with Crippen LogP contribution >= 0.6 is 0 Å². The number of unbranched alkanes of at least 4 members (excludes halogenated alkanes) is 4. The molecular formula is C22H36N2. The van der Waals surface area contributed by atoms with Gasteiger partial charge in [-0.3, -0.25) is 4.90 Å². The molecule has 0 radical (unpaired) electrons. The van der Waals surface area contributed by atoms with Crippen molar-refractivity contribution in [2.75, 3.05) is 37.6 Å². The second-order valence-electron chi connectivity index (χ2n) is 7.60. The van der Waals surface area contributed by atoms with E-state index in [2.05, 4.69) is 61.8 Å². The van der Waals surface area contributed by atoms with Gasteiger partial charge in [-0.2, -0.15) is 0 Å². The molecule has 1 aromatic carbocycles. The van der Waals surface area contributed by atoms with E-state index in [1.165, 1.54) is 87.2 Å². The lowest BCUT2D eigenvalue weighted by Crippen LogP contribution is -2.46. The third kappa shape index (κ3) is 6.32. The van der Waals surface area contributed by atoms with Crippen LogP contribution in [0.2, 0.25) is 0 Å². The van der Waals surface area contributed by atoms with E-state index in [9.17, 15) is 0 Å². The monoisotopic (exact) mass is 328 g/mol. The summed E-state index contributed by atoms with van der Waals surface area (Å²) in [6.45, 7) is 14.9. The van der Waals surface area contributed by atoms with Gasteiger partial charge in [0.05, 0.1) is 0 Å². The van der Waals surface area contributed by atoms with Crippen molar-refractivity contribution < 1.29 is 0 Å². The number of anilines is 1. The molecule has 2 nitrogen and oxygen atoms in total. The van der Waals surface area contributed by atoms with Gasteiger partial charge in [-0.15, -0.1) is 0 Å². The minimum atomic E-state index is 1.17. The summed E-state index contributed by atoms with van der Waals surface area (Å²) in [6, 6.07) is 6.82. The van der Waals surface area contributed by atoms with E-state index in [4.69, 9.17) is 0 Å². The molecule has 1 fully saturated rings. The van der Waals surface area contributed by atoms with E-state index in [0.717, 1.165) is 0 Å². The summed E-state index contributed by atoms with van der Waals surface area (Å²) < 4.78 is 0. The van der Waals surface area contributed by atoms with Crippen LogP contribution in [0.5, 0.6) is 0 Å². The normalized spacial score (nSPS) is 15.6. The van der Waals surface area contributed by atoms with Crippen LogP contribution in [0.1, 0.15) is 57.1 Å². The standard InChI is InChI=1S/C22H36N2/c1-19(2)10-8-6-5-7-9-13-23-14-16-24(17-15-23)22-18-20(3)11-12-21(22)4/h10-12,18H,5-9,13-17H2,1-4H3. The molecule has 2 rings (SSSR count). The second kappa shape index (κ2) is 9.88. The SMILES string of the molecule is CC(C)=CCCCCCCN1CCN(c2cc(C)ccc2C)CC1. The summed E-state index contributed by atoms with van der Waals surface area (Å²) in [5.74, 6) is 0. The first kappa shape index (κ1) is 19.1. The predicted molar refractivity (Wildman–Crippen MR) is 107 cm³/mol. The lowest BCUT2D eigenvalue weighted by Gasteiger charge is -2.37. The van der Waals surface area contributed by atoms with Gasteiger partial charge in [0.2, 0.25) is 0 Å². The second-order valence-corrected chi connectivity index (χ2v) is 7.60. The molecular weight excluding hydrogens is 292 g/mol. The van der Waals surface area contributed by atoms with E-state index >= 15 is 0 Å². The quantitative estimate of drug-likeness (QED) is 0.469. The summed E-state index contributed by atoms with van der Waals surface area (Å²) in [6.07, 6.45) is 9.10. The zero-order chi connectivity index (χ0) is 17.4. The molecule has 0 aromatic heterocycles. The third-order valence-electron chi connectivity index (χ3n) is 5.06. The average Bonchev–Trinajstić information content (AvgIpc) is 2.56. The predicted octanol–water partition coefficient (Wildman–Crippen LogP) is 5.34. The molecule has 0 atom stereocenters. The first-order valence-electron chi connectivity index (χ1n) is 9.74. The molecule has 1 aliphatic rings. The van der Waals surface area contributed by atoms with Crippen LogP contribution in [0.4, 0.5) is 5.69 Å². The Labute approximate surface area is 149 Å². The van der Waals surface area contributed by atoms with Gasteiger partial charge >= 0.3 is 0 Å². The molecule has 0 unspecified atom stereocenters. The number of hydrogen-bond donors (Lipinski definition) is 0. The van der Waals surface area contributed by atoms with Crippen molar-refractivity contribution in [1.82, 2.24) is 4.90 Å². The fourth-order valence-corrected chi connectivity index (χ4v) is 3.50. The van der Waals surface area contributed by atoms with Crippen molar-refractivity contribution in [3.8, 4) is 0 Å². The Morgan fingerprint density at radius 2 is 1.67 bits per heavy atom. The molecule has 1 heterocycles. The highest BCUT2D eigenvalue weighted by atomic mass is 15.3. The van der Waals surface area contributed by atoms with Gasteiger partial charge in [0.25, 0.3) is 0 Å². The molecule has 1 aliphatic heterocycles. The van der Waals surface area contributed by atoms with Gasteiger partial charge in [-0.05, 0) is 70.7 Å². The van der Waals surface area contributed by atoms with Crippen LogP contribution in [-0.4, -0.2) is 37.6 Å². The minimum Gasteiger partial charge on any atom is -0.369 e. The smallest absolute Gasteiger partial charge is 0.0399 e. The van der Waals surface area contributed by atoms with Crippen LogP contribution in [0.15, 0.2) is 29.8 Å². The van der Waals surface area contributed by atoms with Gasteiger partial charge in [-0.25, -0.2) is 0 Å². The number of hydrogen-bond acceptors (Lipinski definition) is 2. The van der Waals surface area contributed by atoms with Gasteiger partial charge in [0.1, 0.15) is 0 Å². The lowest BCUT2D eigenvalue weighted by atomic mass is 10.1. The Morgan fingerprint density at radius 1 is 0.958 bits per heavy atom. The zero-order valence-electron chi connectivity index (χ0n) is 16.3. The van der Waals surface area contributed by atoms with Crippen molar-refractivity contribution in [1.29, 1.82) is 0 Å². The Kier molecular flexibility index (Phi) is 7.84. The van der Waals surface area contributed by atoms with Crippen LogP contribution in [0.3, 0.4) is 0 Å². The maximum Gasteiger partial charge on any atom is 0.0399 e. The van der Waals surface area contributed by atoms with Gasteiger partial charge in [-0.1, -0.05) is 36.6 Å². The maximum absolute atomic E-state index is 2.65. The van der Waals surface area contributed by atoms with Crippen molar-refractivity contribution in [2.45, 2.75) is 59.8 Å². The molecule has 0 aliphatic carbocycles. The molecule has 24 heavy (non-hydrogen) atoms. The molecule has 134 valence electrons. The third-order valence-corrected chi connectivity index (χ3v) is 5.06. The number of allylic oxidation sites excluding steroid dienone is 2. The molecule has 1 saturated heterocycles. The number of benzene rings is 1. The first-order chi connectivity index (χ1) is 11.6. The fourth-order valence-electron chi connectivity index (χ4n) is 3.50. The Bertz CT molecular complexity index is 521. The van der Waals surface area contributed by atoms with Crippen LogP contribution in [0.25, 0.3) is 0 Å². The highest BCUT2D eigenvalue weighted by molar-refractivity contribution is 5.55. The minimum absolute atomic E-state index is 1.17. The van der Waals surface area contributed by atoms with Crippen molar-refractivity contribution in [3.63, 3.8) is 0 Å². The molecule has 0 saturated carbocycles.